The molecule has 1 aliphatic carbocycles. The van der Waals surface area contributed by atoms with Crippen LogP contribution < -0.4 is 14.4 Å². The van der Waals surface area contributed by atoms with Crippen molar-refractivity contribution in [3.63, 3.8) is 0 Å². The predicted molar refractivity (Wildman–Crippen MR) is 213 cm³/mol. The molecule has 0 fully saturated rings. The van der Waals surface area contributed by atoms with E-state index in [1.807, 2.05) is 60.7 Å². The van der Waals surface area contributed by atoms with Crippen molar-refractivity contribution >= 4 is 41.6 Å². The quantitative estimate of drug-likeness (QED) is 0.0926. The number of aliphatic hydroxyl groups excluding tert-OH is 1. The van der Waals surface area contributed by atoms with E-state index < -0.39 is 10.8 Å². The summed E-state index contributed by atoms with van der Waals surface area (Å²) in [6.45, 7) is 14.1. The molecule has 2 heterocycles. The zero-order valence-electron chi connectivity index (χ0n) is 30.4. The number of rotatable bonds is 11. The molecule has 2 aliphatic heterocycles. The number of hydrogen-bond donors (Lipinski definition) is 2. The second-order valence-corrected chi connectivity index (χ2v) is 15.0. The predicted octanol–water partition coefficient (Wildman–Crippen LogP) is 8.86. The Kier molecular flexibility index (Phi) is 9.36. The number of methoxy groups -OCH3 is 1. The van der Waals surface area contributed by atoms with E-state index in [4.69, 9.17) is 22.1 Å². The number of carbonyl (C=O) groups is 1. The number of allylic oxidation sites excluding steroid dienone is 5. The number of aliphatic hydroxyl groups is 1. The highest BCUT2D eigenvalue weighted by molar-refractivity contribution is 7.85. The minimum absolute atomic E-state index is 0.0239. The van der Waals surface area contributed by atoms with Crippen molar-refractivity contribution < 1.29 is 24.0 Å². The first-order chi connectivity index (χ1) is 25.0. The third-order valence-corrected chi connectivity index (χ3v) is 11.1. The fourth-order valence-electron chi connectivity index (χ4n) is 7.62. The summed E-state index contributed by atoms with van der Waals surface area (Å²) >= 11 is 4.96. The molecule has 0 unspecified atom stereocenters. The van der Waals surface area contributed by atoms with Gasteiger partial charge >= 0.3 is 0 Å². The van der Waals surface area contributed by atoms with Gasteiger partial charge in [-0.15, -0.1) is 12.6 Å². The summed E-state index contributed by atoms with van der Waals surface area (Å²) in [5.74, 6) is 1.52. The zero-order valence-corrected chi connectivity index (χ0v) is 31.3. The summed E-state index contributed by atoms with van der Waals surface area (Å²) < 4.78 is 14.1. The number of β-amino-alcohol motifs (C(OH)–C–C–N with tert-alkyl or cyclic N) is 1. The van der Waals surface area contributed by atoms with Crippen molar-refractivity contribution in [2.45, 2.75) is 51.7 Å². The fraction of sp³-hybridized carbons (Fsp3) is 0.244. The molecule has 0 aromatic heterocycles. The van der Waals surface area contributed by atoms with Gasteiger partial charge in [-0.3, -0.25) is 4.79 Å². The first kappa shape index (κ1) is 35.3. The van der Waals surface area contributed by atoms with Crippen molar-refractivity contribution in [3.8, 4) is 11.5 Å². The second kappa shape index (κ2) is 13.8. The molecule has 0 amide bonds. The van der Waals surface area contributed by atoms with Crippen molar-refractivity contribution in [1.29, 1.82) is 0 Å². The molecule has 4 aromatic carbocycles. The number of ether oxygens (including phenoxy) is 2. The number of anilines is 1. The van der Waals surface area contributed by atoms with E-state index >= 15 is 0 Å². The van der Waals surface area contributed by atoms with Crippen molar-refractivity contribution in [2.24, 2.45) is 0 Å². The summed E-state index contributed by atoms with van der Waals surface area (Å²) in [4.78, 5) is 16.9. The minimum atomic E-state index is -0.440. The van der Waals surface area contributed by atoms with Crippen LogP contribution in [0.5, 0.6) is 11.5 Å². The Hall–Kier alpha value is -5.11. The molecule has 0 radical (unpaired) electrons. The third kappa shape index (κ3) is 6.12. The van der Waals surface area contributed by atoms with Crippen molar-refractivity contribution in [3.05, 3.63) is 159 Å². The number of fused-ring (bicyclic) bond motifs is 2. The van der Waals surface area contributed by atoms with Crippen LogP contribution in [-0.4, -0.2) is 41.4 Å². The Balaban J connectivity index is 1.28. The van der Waals surface area contributed by atoms with Crippen LogP contribution in [0, 0.1) is 0 Å². The van der Waals surface area contributed by atoms with E-state index in [9.17, 15) is 9.90 Å². The number of benzene rings is 4. The molecule has 7 heteroatoms. The van der Waals surface area contributed by atoms with Crippen LogP contribution in [0.4, 0.5) is 11.4 Å². The SMILES string of the molecule is C=Cc1ccc(C[N+]2=C(/C=C3/C(=O)C(/C=C4\N(CCO)c5ccc(OC)cc5C4(C)C)=C3S)C(C)(C)c3cc(OCc4ccccc4)ccc32)cc1. The molecule has 0 saturated carbocycles. The van der Waals surface area contributed by atoms with E-state index in [0.29, 0.717) is 35.7 Å². The summed E-state index contributed by atoms with van der Waals surface area (Å²) in [5, 5.41) is 10.0. The van der Waals surface area contributed by atoms with Gasteiger partial charge in [0.15, 0.2) is 18.0 Å². The molecule has 0 spiro atoms. The maximum absolute atomic E-state index is 14.1. The maximum Gasteiger partial charge on any atom is 0.210 e. The molecule has 264 valence electrons. The average Bonchev–Trinajstić information content (AvgIpc) is 3.49. The summed E-state index contributed by atoms with van der Waals surface area (Å²) in [7, 11) is 1.66. The molecular weight excluding hydrogens is 665 g/mol. The lowest BCUT2D eigenvalue weighted by molar-refractivity contribution is -0.455. The van der Waals surface area contributed by atoms with Gasteiger partial charge in [-0.2, -0.15) is 4.58 Å². The van der Waals surface area contributed by atoms with Crippen LogP contribution in [0.15, 0.2) is 131 Å². The van der Waals surface area contributed by atoms with Crippen LogP contribution in [0.1, 0.15) is 55.5 Å². The van der Waals surface area contributed by atoms with Gasteiger partial charge in [0.05, 0.1) is 19.1 Å². The molecule has 1 N–H and O–H groups in total. The molecule has 52 heavy (non-hydrogen) atoms. The molecule has 0 bridgehead atoms. The largest absolute Gasteiger partial charge is 0.497 e. The molecule has 0 saturated heterocycles. The van der Waals surface area contributed by atoms with Crippen LogP contribution in [0.2, 0.25) is 0 Å². The van der Waals surface area contributed by atoms with Gasteiger partial charge in [-0.05, 0) is 66.9 Å². The van der Waals surface area contributed by atoms with Gasteiger partial charge in [-0.25, -0.2) is 0 Å². The molecule has 3 aliphatic rings. The lowest BCUT2D eigenvalue weighted by Crippen LogP contribution is -2.32. The van der Waals surface area contributed by atoms with E-state index in [1.54, 1.807) is 7.11 Å². The van der Waals surface area contributed by atoms with Gasteiger partial charge in [0.2, 0.25) is 5.69 Å². The summed E-state index contributed by atoms with van der Waals surface area (Å²) in [6, 6.07) is 30.8. The lowest BCUT2D eigenvalue weighted by atomic mass is 9.78. The Morgan fingerprint density at radius 1 is 0.865 bits per heavy atom. The standard InChI is InChI=1S/C45H44N2O4S/c1-7-29-13-15-30(16-14-29)27-47-39-20-18-33(51-28-31-11-9-8-10-12-31)24-37(39)45(4,5)41(47)26-35-42(49)34(43(35)52)25-40-44(2,3)36-23-32(50-6)17-19-38(36)46(40)21-22-48/h7-20,23-26,48H,1,21-22,27-28H2,2-6H3/p+1. The maximum atomic E-state index is 14.1. The Morgan fingerprint density at radius 3 is 2.25 bits per heavy atom. The number of Topliss-reactive ketones (excluding diaryl/α,β-unsaturated/α-hetero) is 1. The van der Waals surface area contributed by atoms with Crippen LogP contribution in [-0.2, 0) is 28.8 Å². The van der Waals surface area contributed by atoms with E-state index in [2.05, 4.69) is 92.3 Å². The average molecular weight is 710 g/mol. The zero-order chi connectivity index (χ0) is 36.8. The van der Waals surface area contributed by atoms with Gasteiger partial charge in [0, 0.05) is 62.7 Å². The first-order valence-corrected chi connectivity index (χ1v) is 18.1. The molecule has 6 nitrogen and oxygen atoms in total. The smallest absolute Gasteiger partial charge is 0.210 e. The highest BCUT2D eigenvalue weighted by Crippen LogP contribution is 2.51. The normalized spacial score (nSPS) is 18.5. The van der Waals surface area contributed by atoms with Crippen LogP contribution >= 0.6 is 12.6 Å². The number of ketones is 1. The number of carbonyl (C=O) groups excluding carboxylic acids is 1. The molecule has 7 rings (SSSR count). The highest BCUT2D eigenvalue weighted by atomic mass is 32.1. The third-order valence-electron chi connectivity index (χ3n) is 10.7. The first-order valence-electron chi connectivity index (χ1n) is 17.6. The number of thiol groups is 1. The molecular formula is C45H45N2O4S+. The Labute approximate surface area is 312 Å². The molecule has 4 aromatic rings. The van der Waals surface area contributed by atoms with Crippen LogP contribution in [0.3, 0.4) is 0 Å². The minimum Gasteiger partial charge on any atom is -0.497 e. The number of nitrogens with zero attached hydrogens (tertiary/aromatic N) is 2. The van der Waals surface area contributed by atoms with E-state index in [-0.39, 0.29) is 12.4 Å². The van der Waals surface area contributed by atoms with Crippen LogP contribution in [0.25, 0.3) is 6.08 Å². The monoisotopic (exact) mass is 709 g/mol. The molecule has 0 atom stereocenters. The Morgan fingerprint density at radius 2 is 1.58 bits per heavy atom. The van der Waals surface area contributed by atoms with Crippen molar-refractivity contribution in [1.82, 2.24) is 0 Å². The number of hydrogen-bond acceptors (Lipinski definition) is 6. The van der Waals surface area contributed by atoms with Gasteiger partial charge < -0.3 is 19.5 Å². The van der Waals surface area contributed by atoms with E-state index in [0.717, 1.165) is 62.1 Å². The lowest BCUT2D eigenvalue weighted by Gasteiger charge is -2.29. The topological polar surface area (TPSA) is 62.0 Å². The van der Waals surface area contributed by atoms with Gasteiger partial charge in [-0.1, -0.05) is 81.1 Å². The van der Waals surface area contributed by atoms with Gasteiger partial charge in [0.1, 0.15) is 18.1 Å². The van der Waals surface area contributed by atoms with Crippen molar-refractivity contribution in [2.75, 3.05) is 25.2 Å². The highest BCUT2D eigenvalue weighted by Gasteiger charge is 2.47. The second-order valence-electron chi connectivity index (χ2n) is 14.6. The fourth-order valence-corrected chi connectivity index (χ4v) is 7.96. The van der Waals surface area contributed by atoms with Gasteiger partial charge in [0.25, 0.3) is 0 Å². The Bertz CT molecular complexity index is 2210. The summed E-state index contributed by atoms with van der Waals surface area (Å²) in [6.07, 6.45) is 5.83. The summed E-state index contributed by atoms with van der Waals surface area (Å²) in [5.41, 5.74) is 9.84. The van der Waals surface area contributed by atoms with E-state index in [1.165, 1.54) is 0 Å².